The maximum atomic E-state index is 12.5. The van der Waals surface area contributed by atoms with Crippen molar-refractivity contribution < 1.29 is 22.3 Å². The summed E-state index contributed by atoms with van der Waals surface area (Å²) in [5, 5.41) is 0. The van der Waals surface area contributed by atoms with Gasteiger partial charge in [0.05, 0.1) is 7.11 Å². The zero-order valence-electron chi connectivity index (χ0n) is 7.41. The first-order valence-corrected chi connectivity index (χ1v) is 3.45. The summed E-state index contributed by atoms with van der Waals surface area (Å²) in [4.78, 5) is 0. The molecule has 78 valence electrons. The predicted octanol–water partition coefficient (Wildman–Crippen LogP) is 3.05. The van der Waals surface area contributed by atoms with Crippen LogP contribution in [0.25, 0.3) is 0 Å². The highest BCUT2D eigenvalue weighted by atomic mass is 19.2. The lowest BCUT2D eigenvalue weighted by atomic mass is 10.3. The number of rotatable bonds is 1. The van der Waals surface area contributed by atoms with E-state index in [0.29, 0.717) is 6.07 Å². The standard InChI is InChI=1S/C7H4F4O.C2H4/c1-12-4-2-3(8)5(9)7(11)6(4)10;1-2/h2H,1H3;1-2H2. The SMILES string of the molecule is C=C.COc1cc(F)c(F)c(F)c1F. The first-order valence-electron chi connectivity index (χ1n) is 3.45. The van der Waals surface area contributed by atoms with Crippen LogP contribution in [0.3, 0.4) is 0 Å². The Morgan fingerprint density at radius 1 is 1.00 bits per heavy atom. The van der Waals surface area contributed by atoms with Gasteiger partial charge in [-0.15, -0.1) is 13.2 Å². The van der Waals surface area contributed by atoms with E-state index in [1.165, 1.54) is 0 Å². The van der Waals surface area contributed by atoms with Crippen molar-refractivity contribution in [2.75, 3.05) is 7.11 Å². The van der Waals surface area contributed by atoms with Gasteiger partial charge in [0, 0.05) is 6.07 Å². The van der Waals surface area contributed by atoms with Crippen LogP contribution in [0, 0.1) is 23.3 Å². The molecule has 0 aliphatic heterocycles. The molecule has 0 radical (unpaired) electrons. The molecular weight excluding hydrogens is 200 g/mol. The van der Waals surface area contributed by atoms with Crippen molar-refractivity contribution >= 4 is 0 Å². The van der Waals surface area contributed by atoms with Gasteiger partial charge < -0.3 is 4.74 Å². The average Bonchev–Trinajstić information content (AvgIpc) is 2.23. The van der Waals surface area contributed by atoms with E-state index in [-0.39, 0.29) is 0 Å². The van der Waals surface area contributed by atoms with Crippen LogP contribution in [0.2, 0.25) is 0 Å². The molecule has 0 amide bonds. The Kier molecular flexibility index (Phi) is 4.69. The third-order valence-corrected chi connectivity index (χ3v) is 1.29. The third-order valence-electron chi connectivity index (χ3n) is 1.29. The van der Waals surface area contributed by atoms with Crippen molar-refractivity contribution in [1.29, 1.82) is 0 Å². The fourth-order valence-electron chi connectivity index (χ4n) is 0.700. The lowest BCUT2D eigenvalue weighted by Gasteiger charge is -2.03. The molecule has 0 saturated carbocycles. The molecule has 0 heterocycles. The molecule has 0 bridgehead atoms. The minimum absolute atomic E-state index is 0.438. The Labute approximate surface area is 78.6 Å². The maximum Gasteiger partial charge on any atom is 0.203 e. The van der Waals surface area contributed by atoms with Gasteiger partial charge in [0.1, 0.15) is 0 Å². The van der Waals surface area contributed by atoms with Crippen molar-refractivity contribution in [2.24, 2.45) is 0 Å². The van der Waals surface area contributed by atoms with E-state index in [9.17, 15) is 17.6 Å². The molecule has 0 saturated heterocycles. The topological polar surface area (TPSA) is 9.23 Å². The Morgan fingerprint density at radius 2 is 1.50 bits per heavy atom. The number of benzene rings is 1. The van der Waals surface area contributed by atoms with Gasteiger partial charge in [-0.05, 0) is 0 Å². The van der Waals surface area contributed by atoms with Crippen LogP contribution in [0.15, 0.2) is 19.2 Å². The monoisotopic (exact) mass is 208 g/mol. The Balaban J connectivity index is 0.000000791. The van der Waals surface area contributed by atoms with Crippen LogP contribution >= 0.6 is 0 Å². The van der Waals surface area contributed by atoms with Crippen LogP contribution in [-0.4, -0.2) is 7.11 Å². The molecule has 1 aromatic carbocycles. The number of halogens is 4. The van der Waals surface area contributed by atoms with Crippen molar-refractivity contribution in [2.45, 2.75) is 0 Å². The Bertz CT molecular complexity index is 325. The second-order valence-corrected chi connectivity index (χ2v) is 2.00. The van der Waals surface area contributed by atoms with E-state index in [1.54, 1.807) is 0 Å². The van der Waals surface area contributed by atoms with E-state index in [0.717, 1.165) is 7.11 Å². The molecule has 1 nitrogen and oxygen atoms in total. The van der Waals surface area contributed by atoms with E-state index < -0.39 is 29.0 Å². The molecule has 1 rings (SSSR count). The van der Waals surface area contributed by atoms with Crippen LogP contribution in [0.4, 0.5) is 17.6 Å². The summed E-state index contributed by atoms with van der Waals surface area (Å²) in [5.74, 6) is -7.38. The summed E-state index contributed by atoms with van der Waals surface area (Å²) in [5.41, 5.74) is 0. The second-order valence-electron chi connectivity index (χ2n) is 2.00. The zero-order chi connectivity index (χ0) is 11.3. The lowest BCUT2D eigenvalue weighted by molar-refractivity contribution is 0.346. The molecule has 0 atom stereocenters. The lowest BCUT2D eigenvalue weighted by Crippen LogP contribution is -1.98. The summed E-state index contributed by atoms with van der Waals surface area (Å²) in [6.07, 6.45) is 0. The van der Waals surface area contributed by atoms with E-state index in [4.69, 9.17) is 0 Å². The van der Waals surface area contributed by atoms with Gasteiger partial charge in [0.2, 0.25) is 11.6 Å². The van der Waals surface area contributed by atoms with Gasteiger partial charge in [-0.1, -0.05) is 0 Å². The molecule has 0 fully saturated rings. The molecule has 0 aromatic heterocycles. The number of ether oxygens (including phenoxy) is 1. The van der Waals surface area contributed by atoms with Crippen molar-refractivity contribution in [3.63, 3.8) is 0 Å². The molecule has 0 aliphatic rings. The van der Waals surface area contributed by atoms with Gasteiger partial charge in [-0.2, -0.15) is 4.39 Å². The summed E-state index contributed by atoms with van der Waals surface area (Å²) in [7, 11) is 1.02. The van der Waals surface area contributed by atoms with Gasteiger partial charge in [-0.25, -0.2) is 13.2 Å². The predicted molar refractivity (Wildman–Crippen MR) is 44.1 cm³/mol. The first kappa shape index (κ1) is 12.5. The quantitative estimate of drug-likeness (QED) is 0.298. The fourth-order valence-corrected chi connectivity index (χ4v) is 0.700. The third kappa shape index (κ3) is 2.25. The molecule has 1 aromatic rings. The van der Waals surface area contributed by atoms with E-state index >= 15 is 0 Å². The van der Waals surface area contributed by atoms with Crippen LogP contribution in [0.1, 0.15) is 0 Å². The molecule has 0 unspecified atom stereocenters. The van der Waals surface area contributed by atoms with Crippen LogP contribution in [-0.2, 0) is 0 Å². The van der Waals surface area contributed by atoms with Crippen molar-refractivity contribution in [1.82, 2.24) is 0 Å². The number of methoxy groups -OCH3 is 1. The van der Waals surface area contributed by atoms with Gasteiger partial charge in [-0.3, -0.25) is 0 Å². The molecular formula is C9H8F4O. The Morgan fingerprint density at radius 3 is 1.93 bits per heavy atom. The summed E-state index contributed by atoms with van der Waals surface area (Å²) >= 11 is 0. The molecule has 5 heteroatoms. The molecule has 0 aliphatic carbocycles. The summed E-state index contributed by atoms with van der Waals surface area (Å²) in [6.45, 7) is 6.00. The summed E-state index contributed by atoms with van der Waals surface area (Å²) in [6, 6.07) is 0.438. The second kappa shape index (κ2) is 5.26. The van der Waals surface area contributed by atoms with Gasteiger partial charge in [0.15, 0.2) is 17.4 Å². The minimum Gasteiger partial charge on any atom is -0.493 e. The zero-order valence-corrected chi connectivity index (χ0v) is 7.41. The largest absolute Gasteiger partial charge is 0.493 e. The summed E-state index contributed by atoms with van der Waals surface area (Å²) < 4.78 is 53.8. The highest BCUT2D eigenvalue weighted by Crippen LogP contribution is 2.23. The fraction of sp³-hybridized carbons (Fsp3) is 0.111. The smallest absolute Gasteiger partial charge is 0.203 e. The highest BCUT2D eigenvalue weighted by molar-refractivity contribution is 5.27. The molecule has 0 spiro atoms. The average molecular weight is 208 g/mol. The van der Waals surface area contributed by atoms with E-state index in [2.05, 4.69) is 17.9 Å². The number of hydrogen-bond acceptors (Lipinski definition) is 1. The van der Waals surface area contributed by atoms with Crippen molar-refractivity contribution in [3.8, 4) is 5.75 Å². The number of hydrogen-bond donors (Lipinski definition) is 0. The van der Waals surface area contributed by atoms with Gasteiger partial charge in [0.25, 0.3) is 0 Å². The minimum atomic E-state index is -1.87. The van der Waals surface area contributed by atoms with E-state index in [1.807, 2.05) is 0 Å². The normalized spacial score (nSPS) is 8.93. The first-order chi connectivity index (χ1) is 6.57. The van der Waals surface area contributed by atoms with Crippen molar-refractivity contribution in [3.05, 3.63) is 42.5 Å². The molecule has 14 heavy (non-hydrogen) atoms. The maximum absolute atomic E-state index is 12.5. The highest BCUT2D eigenvalue weighted by Gasteiger charge is 2.18. The van der Waals surface area contributed by atoms with Crippen LogP contribution in [0.5, 0.6) is 5.75 Å². The Hall–Kier alpha value is -1.52. The van der Waals surface area contributed by atoms with Gasteiger partial charge >= 0.3 is 0 Å². The van der Waals surface area contributed by atoms with Crippen LogP contribution < -0.4 is 4.74 Å². The molecule has 0 N–H and O–H groups in total.